The number of nitrogens with zero attached hydrogens (tertiary/aromatic N) is 1. The molecule has 0 saturated carbocycles. The van der Waals surface area contributed by atoms with Crippen molar-refractivity contribution >= 4 is 15.9 Å². The molecule has 28 heavy (non-hydrogen) atoms. The lowest BCUT2D eigenvalue weighted by atomic mass is 10.1. The van der Waals surface area contributed by atoms with Gasteiger partial charge in [0.15, 0.2) is 0 Å². The molecule has 1 unspecified atom stereocenters. The largest absolute Gasteiger partial charge is 0.495 e. The third kappa shape index (κ3) is 6.18. The van der Waals surface area contributed by atoms with Crippen molar-refractivity contribution in [2.24, 2.45) is 0 Å². The molecule has 0 bridgehead atoms. The van der Waals surface area contributed by atoms with Crippen LogP contribution in [0.2, 0.25) is 0 Å². The number of benzene rings is 1. The minimum absolute atomic E-state index is 0.0956. The maximum atomic E-state index is 13.0. The topological polar surface area (TPSA) is 84.9 Å². The van der Waals surface area contributed by atoms with E-state index in [2.05, 4.69) is 12.2 Å². The Labute approximate surface area is 168 Å². The molecule has 2 rings (SSSR count). The predicted molar refractivity (Wildman–Crippen MR) is 108 cm³/mol. The van der Waals surface area contributed by atoms with Gasteiger partial charge in [-0.15, -0.1) is 0 Å². The summed E-state index contributed by atoms with van der Waals surface area (Å²) >= 11 is 0. The molecule has 158 valence electrons. The van der Waals surface area contributed by atoms with E-state index in [1.165, 1.54) is 11.4 Å². The Morgan fingerprint density at radius 2 is 2.00 bits per heavy atom. The van der Waals surface area contributed by atoms with Crippen LogP contribution in [0.1, 0.15) is 45.1 Å². The molecule has 0 radical (unpaired) electrons. The van der Waals surface area contributed by atoms with E-state index in [4.69, 9.17) is 9.47 Å². The zero-order chi connectivity index (χ0) is 20.6. The van der Waals surface area contributed by atoms with Crippen molar-refractivity contribution in [3.8, 4) is 5.75 Å². The van der Waals surface area contributed by atoms with E-state index in [0.29, 0.717) is 31.9 Å². The van der Waals surface area contributed by atoms with E-state index in [1.54, 1.807) is 18.2 Å². The Balaban J connectivity index is 2.10. The fraction of sp³-hybridized carbons (Fsp3) is 0.650. The minimum atomic E-state index is -3.70. The number of morpholine rings is 1. The highest BCUT2D eigenvalue weighted by Gasteiger charge is 2.29. The number of carbonyl (C=O) groups excluding carboxylic acids is 1. The van der Waals surface area contributed by atoms with Crippen molar-refractivity contribution < 1.29 is 22.7 Å². The first-order valence-electron chi connectivity index (χ1n) is 9.92. The van der Waals surface area contributed by atoms with E-state index < -0.39 is 10.0 Å². The van der Waals surface area contributed by atoms with Crippen LogP contribution in [-0.2, 0) is 26.0 Å². The highest BCUT2D eigenvalue weighted by atomic mass is 32.2. The minimum Gasteiger partial charge on any atom is -0.495 e. The van der Waals surface area contributed by atoms with E-state index in [1.807, 2.05) is 6.92 Å². The van der Waals surface area contributed by atoms with E-state index in [9.17, 15) is 13.2 Å². The predicted octanol–water partition coefficient (Wildman–Crippen LogP) is 2.34. The van der Waals surface area contributed by atoms with E-state index >= 15 is 0 Å². The summed E-state index contributed by atoms with van der Waals surface area (Å²) in [5.74, 6) is 0.174. The van der Waals surface area contributed by atoms with E-state index in [-0.39, 0.29) is 29.0 Å². The summed E-state index contributed by atoms with van der Waals surface area (Å²) in [7, 11) is -2.26. The monoisotopic (exact) mass is 412 g/mol. The molecule has 7 nitrogen and oxygen atoms in total. The molecule has 8 heteroatoms. The molecule has 1 heterocycles. The van der Waals surface area contributed by atoms with Crippen molar-refractivity contribution in [2.45, 2.75) is 56.9 Å². The average Bonchev–Trinajstić information content (AvgIpc) is 2.68. The van der Waals surface area contributed by atoms with Crippen molar-refractivity contribution in [3.63, 3.8) is 0 Å². The highest BCUT2D eigenvalue weighted by molar-refractivity contribution is 7.89. The molecule has 1 saturated heterocycles. The molecule has 0 aliphatic carbocycles. The number of hydrogen-bond donors (Lipinski definition) is 1. The first-order chi connectivity index (χ1) is 13.4. The summed E-state index contributed by atoms with van der Waals surface area (Å²) in [5, 5.41) is 2.99. The number of methoxy groups -OCH3 is 1. The van der Waals surface area contributed by atoms with Crippen molar-refractivity contribution in [3.05, 3.63) is 23.8 Å². The lowest BCUT2D eigenvalue weighted by Gasteiger charge is -2.26. The van der Waals surface area contributed by atoms with Gasteiger partial charge in [-0.1, -0.05) is 32.3 Å². The van der Waals surface area contributed by atoms with Gasteiger partial charge in [-0.2, -0.15) is 4.31 Å². The molecular formula is C20H32N2O5S. The number of hydrogen-bond acceptors (Lipinski definition) is 5. The number of amides is 1. The smallest absolute Gasteiger partial charge is 0.246 e. The number of ether oxygens (including phenoxy) is 2. The summed E-state index contributed by atoms with van der Waals surface area (Å²) in [6.07, 6.45) is 4.46. The van der Waals surface area contributed by atoms with Gasteiger partial charge in [0.1, 0.15) is 10.6 Å². The van der Waals surface area contributed by atoms with Gasteiger partial charge in [-0.25, -0.2) is 8.42 Å². The van der Waals surface area contributed by atoms with Gasteiger partial charge < -0.3 is 14.8 Å². The second-order valence-electron chi connectivity index (χ2n) is 7.14. The highest BCUT2D eigenvalue weighted by Crippen LogP contribution is 2.28. The molecule has 1 amide bonds. The Kier molecular flexibility index (Phi) is 8.72. The SMILES string of the molecule is CCCCCC(C)NC(=O)Cc1ccc(OC)c(S(=O)(=O)N2CCOCC2)c1. The molecule has 1 aromatic carbocycles. The van der Waals surface area contributed by atoms with Crippen LogP contribution < -0.4 is 10.1 Å². The normalized spacial score (nSPS) is 16.5. The van der Waals surface area contributed by atoms with Gasteiger partial charge in [0, 0.05) is 19.1 Å². The summed E-state index contributed by atoms with van der Waals surface area (Å²) in [6.45, 7) is 5.52. The van der Waals surface area contributed by atoms with Crippen LogP contribution in [0.3, 0.4) is 0 Å². The molecule has 1 atom stereocenters. The molecule has 0 spiro atoms. The second kappa shape index (κ2) is 10.8. The molecule has 1 aliphatic heterocycles. The first-order valence-corrected chi connectivity index (χ1v) is 11.4. The first kappa shape index (κ1) is 22.6. The number of rotatable bonds is 10. The number of nitrogens with one attached hydrogen (secondary N) is 1. The lowest BCUT2D eigenvalue weighted by molar-refractivity contribution is -0.121. The summed E-state index contributed by atoms with van der Waals surface area (Å²) in [6, 6.07) is 5.00. The maximum absolute atomic E-state index is 13.0. The lowest BCUT2D eigenvalue weighted by Crippen LogP contribution is -2.40. The van der Waals surface area contributed by atoms with Crippen LogP contribution in [-0.4, -0.2) is 58.1 Å². The number of sulfonamides is 1. The quantitative estimate of drug-likeness (QED) is 0.596. The number of unbranched alkanes of at least 4 members (excludes halogenated alkanes) is 2. The van der Waals surface area contributed by atoms with Gasteiger partial charge in [0.2, 0.25) is 15.9 Å². The van der Waals surface area contributed by atoms with Gasteiger partial charge in [0.05, 0.1) is 26.7 Å². The van der Waals surface area contributed by atoms with Gasteiger partial charge >= 0.3 is 0 Å². The standard InChI is InChI=1S/C20H32N2O5S/c1-4-5-6-7-16(2)21-20(23)15-17-8-9-18(26-3)19(14-17)28(24,25)22-10-12-27-13-11-22/h8-9,14,16H,4-7,10-13,15H2,1-3H3,(H,21,23). The molecule has 1 N–H and O–H groups in total. The summed E-state index contributed by atoms with van der Waals surface area (Å²) in [4.78, 5) is 12.4. The molecular weight excluding hydrogens is 380 g/mol. The fourth-order valence-electron chi connectivity index (χ4n) is 3.24. The van der Waals surface area contributed by atoms with Crippen LogP contribution in [0, 0.1) is 0 Å². The van der Waals surface area contributed by atoms with Crippen molar-refractivity contribution in [1.29, 1.82) is 0 Å². The van der Waals surface area contributed by atoms with Crippen LogP contribution in [0.25, 0.3) is 0 Å². The third-order valence-electron chi connectivity index (χ3n) is 4.83. The summed E-state index contributed by atoms with van der Waals surface area (Å²) in [5.41, 5.74) is 0.644. The Morgan fingerprint density at radius 3 is 2.64 bits per heavy atom. The van der Waals surface area contributed by atoms with Crippen molar-refractivity contribution in [2.75, 3.05) is 33.4 Å². The van der Waals surface area contributed by atoms with Crippen LogP contribution in [0.4, 0.5) is 0 Å². The Hall–Kier alpha value is -1.64. The van der Waals surface area contributed by atoms with Crippen LogP contribution >= 0.6 is 0 Å². The molecule has 0 aromatic heterocycles. The second-order valence-corrected chi connectivity index (χ2v) is 9.05. The number of carbonyl (C=O) groups is 1. The fourth-order valence-corrected chi connectivity index (χ4v) is 4.86. The maximum Gasteiger partial charge on any atom is 0.246 e. The Morgan fingerprint density at radius 1 is 1.29 bits per heavy atom. The van der Waals surface area contributed by atoms with Crippen molar-refractivity contribution in [1.82, 2.24) is 9.62 Å². The van der Waals surface area contributed by atoms with Gasteiger partial charge in [-0.05, 0) is 31.0 Å². The summed E-state index contributed by atoms with van der Waals surface area (Å²) < 4.78 is 37.9. The zero-order valence-electron chi connectivity index (χ0n) is 17.1. The van der Waals surface area contributed by atoms with Gasteiger partial charge in [-0.3, -0.25) is 4.79 Å². The Bertz CT molecular complexity index is 745. The van der Waals surface area contributed by atoms with Crippen LogP contribution in [0.5, 0.6) is 5.75 Å². The molecule has 1 aliphatic rings. The molecule has 1 aromatic rings. The average molecular weight is 413 g/mol. The zero-order valence-corrected chi connectivity index (χ0v) is 17.9. The van der Waals surface area contributed by atoms with Crippen LogP contribution in [0.15, 0.2) is 23.1 Å². The van der Waals surface area contributed by atoms with E-state index in [0.717, 1.165) is 25.7 Å². The third-order valence-corrected chi connectivity index (χ3v) is 6.75. The van der Waals surface area contributed by atoms with Gasteiger partial charge in [0.25, 0.3) is 0 Å². The molecule has 1 fully saturated rings.